The molecule has 11 nitrogen and oxygen atoms in total. The van der Waals surface area contributed by atoms with Gasteiger partial charge in [0.25, 0.3) is 0 Å². The molecule has 240 valence electrons. The molecule has 0 atom stereocenters. The van der Waals surface area contributed by atoms with Crippen molar-refractivity contribution in [3.8, 4) is 17.2 Å². The number of carbonyl (C=O) groups is 1. The average molecular weight is 659 g/mol. The predicted molar refractivity (Wildman–Crippen MR) is 161 cm³/mol. The summed E-state index contributed by atoms with van der Waals surface area (Å²) < 4.78 is 75.9. The fourth-order valence-corrected chi connectivity index (χ4v) is 5.09. The van der Waals surface area contributed by atoms with E-state index in [-0.39, 0.29) is 24.9 Å². The molecule has 5 aromatic rings. The van der Waals surface area contributed by atoms with Crippen molar-refractivity contribution in [2.45, 2.75) is 16.1 Å². The second kappa shape index (κ2) is 14.4. The summed E-state index contributed by atoms with van der Waals surface area (Å²) in [5, 5.41) is 9.85. The molecule has 0 unspecified atom stereocenters. The van der Waals surface area contributed by atoms with E-state index in [1.807, 2.05) is 0 Å². The van der Waals surface area contributed by atoms with Gasteiger partial charge in [-0.05, 0) is 48.5 Å². The molecule has 2 amide bonds. The van der Waals surface area contributed by atoms with Crippen LogP contribution in [0.3, 0.4) is 0 Å². The van der Waals surface area contributed by atoms with Crippen LogP contribution in [0.2, 0.25) is 0 Å². The summed E-state index contributed by atoms with van der Waals surface area (Å²) in [6.45, 7) is 0.734. The van der Waals surface area contributed by atoms with Crippen LogP contribution in [0.15, 0.2) is 83.0 Å². The molecule has 0 spiro atoms. The second-order valence-corrected chi connectivity index (χ2v) is 10.4. The van der Waals surface area contributed by atoms with Crippen LogP contribution in [0.5, 0.6) is 11.5 Å². The van der Waals surface area contributed by atoms with Crippen LogP contribution >= 0.6 is 11.8 Å². The predicted octanol–water partition coefficient (Wildman–Crippen LogP) is 6.78. The van der Waals surface area contributed by atoms with E-state index in [4.69, 9.17) is 18.9 Å². The highest BCUT2D eigenvalue weighted by Crippen LogP contribution is 2.38. The molecule has 0 saturated carbocycles. The third kappa shape index (κ3) is 8.01. The van der Waals surface area contributed by atoms with Gasteiger partial charge in [0, 0.05) is 35.2 Å². The number of methoxy groups -OCH3 is 2. The van der Waals surface area contributed by atoms with Gasteiger partial charge in [0.2, 0.25) is 0 Å². The highest BCUT2D eigenvalue weighted by atomic mass is 32.2. The van der Waals surface area contributed by atoms with Gasteiger partial charge in [-0.15, -0.1) is 0 Å². The monoisotopic (exact) mass is 658 g/mol. The second-order valence-electron chi connectivity index (χ2n) is 9.37. The van der Waals surface area contributed by atoms with E-state index in [1.54, 1.807) is 36.4 Å². The number of carbonyl (C=O) groups excluding carboxylic acids is 1. The van der Waals surface area contributed by atoms with Crippen LogP contribution in [0.25, 0.3) is 16.6 Å². The molecule has 5 rings (SSSR count). The van der Waals surface area contributed by atoms with Crippen molar-refractivity contribution in [3.63, 3.8) is 0 Å². The number of alkyl halides is 3. The number of benzene rings is 3. The number of urea groups is 1. The van der Waals surface area contributed by atoms with Gasteiger partial charge < -0.3 is 24.3 Å². The maximum absolute atomic E-state index is 13.4. The number of nitrogens with one attached hydrogen (secondary N) is 2. The molecule has 2 N–H and O–H groups in total. The molecule has 0 aliphatic heterocycles. The Labute approximate surface area is 263 Å². The fourth-order valence-electron chi connectivity index (χ4n) is 4.16. The van der Waals surface area contributed by atoms with Crippen LogP contribution in [0.1, 0.15) is 5.69 Å². The van der Waals surface area contributed by atoms with Crippen LogP contribution in [-0.2, 0) is 15.7 Å². The van der Waals surface area contributed by atoms with Gasteiger partial charge >= 0.3 is 12.2 Å². The average Bonchev–Trinajstić information content (AvgIpc) is 3.45. The van der Waals surface area contributed by atoms with Crippen molar-refractivity contribution in [1.82, 2.24) is 19.7 Å². The quantitative estimate of drug-likeness (QED) is 0.0647. The molecule has 0 radical (unpaired) electrons. The van der Waals surface area contributed by atoms with Gasteiger partial charge in [0.05, 0.1) is 24.9 Å². The summed E-state index contributed by atoms with van der Waals surface area (Å²) in [4.78, 5) is 22.3. The van der Waals surface area contributed by atoms with Crippen molar-refractivity contribution >= 4 is 40.2 Å². The number of hydrogen-bond donors (Lipinski definition) is 2. The minimum Gasteiger partial charge on any atom is -0.493 e. The van der Waals surface area contributed by atoms with Gasteiger partial charge in [0.15, 0.2) is 17.2 Å². The Hall–Kier alpha value is -4.93. The molecule has 0 fully saturated rings. The molecule has 0 aliphatic carbocycles. The molecule has 46 heavy (non-hydrogen) atoms. The van der Waals surface area contributed by atoms with Crippen LogP contribution in [0.4, 0.5) is 33.9 Å². The number of hydrogen-bond acceptors (Lipinski definition) is 9. The zero-order valence-corrected chi connectivity index (χ0v) is 25.1. The lowest BCUT2D eigenvalue weighted by atomic mass is 10.2. The topological polar surface area (TPSA) is 122 Å². The molecular weight excluding hydrogens is 632 g/mol. The smallest absolute Gasteiger partial charge is 0.435 e. The van der Waals surface area contributed by atoms with E-state index in [9.17, 15) is 22.4 Å². The Balaban J connectivity index is 1.31. The fraction of sp³-hybridized carbons (Fsp3) is 0.200. The zero-order chi connectivity index (χ0) is 32.7. The highest BCUT2D eigenvalue weighted by molar-refractivity contribution is 7.99. The van der Waals surface area contributed by atoms with Gasteiger partial charge in [-0.3, -0.25) is 5.32 Å². The summed E-state index contributed by atoms with van der Waals surface area (Å²) in [6, 6.07) is 14.8. The molecule has 2 heterocycles. The van der Waals surface area contributed by atoms with Gasteiger partial charge in [-0.2, -0.15) is 18.3 Å². The normalized spacial score (nSPS) is 11.4. The van der Waals surface area contributed by atoms with Crippen molar-refractivity contribution in [2.75, 3.05) is 44.9 Å². The summed E-state index contributed by atoms with van der Waals surface area (Å²) in [5.74, 6) is 0.0986. The SMILES string of the molecule is COCOCCOc1cc2ncnc(Sc3cccc(NC(=O)Nc4cc(C(F)(F)F)nn4-c4ccc(F)cc4)c3)c2cc1OC. The van der Waals surface area contributed by atoms with E-state index in [1.165, 1.54) is 44.4 Å². The van der Waals surface area contributed by atoms with E-state index in [0.29, 0.717) is 50.7 Å². The zero-order valence-electron chi connectivity index (χ0n) is 24.3. The number of fused-ring (bicyclic) bond motifs is 1. The number of aromatic nitrogens is 4. The van der Waals surface area contributed by atoms with E-state index in [0.717, 1.165) is 16.8 Å². The number of ether oxygens (including phenoxy) is 4. The first-order chi connectivity index (χ1) is 22.1. The van der Waals surface area contributed by atoms with Crippen LogP contribution in [-0.4, -0.2) is 60.0 Å². The Bertz CT molecular complexity index is 1820. The van der Waals surface area contributed by atoms with Crippen LogP contribution < -0.4 is 20.1 Å². The summed E-state index contributed by atoms with van der Waals surface area (Å²) >= 11 is 1.30. The third-order valence-corrected chi connectivity index (χ3v) is 7.20. The number of nitrogens with zero attached hydrogens (tertiary/aromatic N) is 4. The lowest BCUT2D eigenvalue weighted by Crippen LogP contribution is -2.21. The first-order valence-electron chi connectivity index (χ1n) is 13.5. The van der Waals surface area contributed by atoms with Crippen molar-refractivity contribution in [3.05, 3.63) is 84.6 Å². The lowest BCUT2D eigenvalue weighted by Gasteiger charge is -2.13. The summed E-state index contributed by atoms with van der Waals surface area (Å²) in [6.07, 6.45) is -3.36. The maximum Gasteiger partial charge on any atom is 0.435 e. The molecule has 2 aromatic heterocycles. The number of amides is 2. The Kier molecular flexibility index (Phi) is 10.2. The minimum atomic E-state index is -4.77. The first-order valence-corrected chi connectivity index (χ1v) is 14.3. The largest absolute Gasteiger partial charge is 0.493 e. The summed E-state index contributed by atoms with van der Waals surface area (Å²) in [5.41, 5.74) is -0.146. The van der Waals surface area contributed by atoms with Gasteiger partial charge in [0.1, 0.15) is 36.4 Å². The minimum absolute atomic E-state index is 0.120. The maximum atomic E-state index is 13.4. The number of halogens is 4. The molecule has 0 bridgehead atoms. The van der Waals surface area contributed by atoms with Crippen LogP contribution in [0, 0.1) is 5.82 Å². The lowest BCUT2D eigenvalue weighted by molar-refractivity contribution is -0.141. The summed E-state index contributed by atoms with van der Waals surface area (Å²) in [7, 11) is 3.05. The Morgan fingerprint density at radius 2 is 1.76 bits per heavy atom. The molecule has 0 aliphatic rings. The first kappa shape index (κ1) is 32.5. The Morgan fingerprint density at radius 3 is 2.50 bits per heavy atom. The molecule has 3 aromatic carbocycles. The van der Waals surface area contributed by atoms with E-state index >= 15 is 0 Å². The van der Waals surface area contributed by atoms with Crippen molar-refractivity contribution < 1.29 is 41.3 Å². The van der Waals surface area contributed by atoms with Gasteiger partial charge in [-0.25, -0.2) is 23.8 Å². The molecule has 0 saturated heterocycles. The van der Waals surface area contributed by atoms with Crippen molar-refractivity contribution in [1.29, 1.82) is 0 Å². The van der Waals surface area contributed by atoms with Crippen molar-refractivity contribution in [2.24, 2.45) is 0 Å². The number of rotatable bonds is 12. The highest BCUT2D eigenvalue weighted by Gasteiger charge is 2.35. The standard InChI is InChI=1S/C30H26F4N6O5S/c1-42-17-44-10-11-45-25-14-23-22(13-24(25)43-2)28(36-16-35-23)46-21-5-3-4-19(12-21)37-29(41)38-27-15-26(30(32,33)34)39-40(27)20-8-6-18(31)7-9-20/h3-9,12-16H,10-11,17H2,1-2H3,(H2,37,38,41). The third-order valence-electron chi connectivity index (χ3n) is 6.19. The molecule has 16 heteroatoms. The molecular formula is C30H26F4N6O5S. The van der Waals surface area contributed by atoms with Gasteiger partial charge in [-0.1, -0.05) is 17.8 Å². The number of anilines is 2. The Morgan fingerprint density at radius 1 is 0.957 bits per heavy atom. The van der Waals surface area contributed by atoms with E-state index < -0.39 is 23.7 Å². The van der Waals surface area contributed by atoms with E-state index in [2.05, 4.69) is 25.7 Å².